The molecule has 2 nitrogen and oxygen atoms in total. The fourth-order valence-electron chi connectivity index (χ4n) is 1.78. The minimum atomic E-state index is 0.386. The topological polar surface area (TPSA) is 29.3 Å². The van der Waals surface area contributed by atoms with Crippen LogP contribution in [0.2, 0.25) is 0 Å². The van der Waals surface area contributed by atoms with Crippen LogP contribution in [0.4, 0.5) is 5.69 Å². The lowest BCUT2D eigenvalue weighted by Gasteiger charge is -2.34. The quantitative estimate of drug-likeness (QED) is 0.792. The summed E-state index contributed by atoms with van der Waals surface area (Å²) in [7, 11) is 0. The van der Waals surface area contributed by atoms with Crippen LogP contribution in [0.3, 0.4) is 0 Å². The zero-order valence-corrected chi connectivity index (χ0v) is 9.27. The molecule has 2 N–H and O–H groups in total. The van der Waals surface area contributed by atoms with Gasteiger partial charge in [-0.2, -0.15) is 0 Å². The van der Waals surface area contributed by atoms with Crippen molar-refractivity contribution >= 4 is 5.69 Å². The highest BCUT2D eigenvalue weighted by atomic mass is 15.2. The second-order valence-electron chi connectivity index (χ2n) is 3.92. The number of hydrogen-bond donors (Lipinski definition) is 1. The molecular weight excluding hydrogens is 172 g/mol. The van der Waals surface area contributed by atoms with Crippen LogP contribution < -0.4 is 10.6 Å². The molecule has 0 heterocycles. The Morgan fingerprint density at radius 1 is 1.14 bits per heavy atom. The van der Waals surface area contributed by atoms with Crippen LogP contribution in [0.5, 0.6) is 0 Å². The maximum absolute atomic E-state index is 5.71. The van der Waals surface area contributed by atoms with Gasteiger partial charge < -0.3 is 10.6 Å². The van der Waals surface area contributed by atoms with Crippen LogP contribution in [0.1, 0.15) is 20.8 Å². The number of para-hydroxylation sites is 1. The molecule has 1 rings (SSSR count). The standard InChI is InChI=1S/C12H20N2/c1-10(2)14(11(3)9-13)12-7-5-4-6-8-12/h4-8,10-11H,9,13H2,1-3H3. The Bertz CT molecular complexity index is 256. The summed E-state index contributed by atoms with van der Waals surface area (Å²) in [6.45, 7) is 7.23. The van der Waals surface area contributed by atoms with Crippen LogP contribution >= 0.6 is 0 Å². The second-order valence-corrected chi connectivity index (χ2v) is 3.92. The lowest BCUT2D eigenvalue weighted by atomic mass is 10.1. The Balaban J connectivity index is 2.89. The maximum atomic E-state index is 5.71. The highest BCUT2D eigenvalue weighted by Gasteiger charge is 2.15. The van der Waals surface area contributed by atoms with Crippen molar-refractivity contribution in [2.75, 3.05) is 11.4 Å². The van der Waals surface area contributed by atoms with Crippen LogP contribution in [0.25, 0.3) is 0 Å². The molecule has 0 fully saturated rings. The van der Waals surface area contributed by atoms with Gasteiger partial charge in [-0.05, 0) is 32.9 Å². The number of rotatable bonds is 4. The molecule has 0 saturated carbocycles. The number of benzene rings is 1. The highest BCUT2D eigenvalue weighted by molar-refractivity contribution is 5.47. The predicted octanol–water partition coefficient (Wildman–Crippen LogP) is 2.25. The Labute approximate surface area is 86.7 Å². The molecule has 0 aliphatic heterocycles. The number of hydrogen-bond acceptors (Lipinski definition) is 2. The van der Waals surface area contributed by atoms with Gasteiger partial charge in [-0.25, -0.2) is 0 Å². The van der Waals surface area contributed by atoms with Crippen molar-refractivity contribution in [2.24, 2.45) is 5.73 Å². The summed E-state index contributed by atoms with van der Waals surface area (Å²) in [5.41, 5.74) is 6.96. The molecule has 1 atom stereocenters. The molecule has 78 valence electrons. The smallest absolute Gasteiger partial charge is 0.0386 e. The fourth-order valence-corrected chi connectivity index (χ4v) is 1.78. The third-order valence-corrected chi connectivity index (χ3v) is 2.43. The zero-order chi connectivity index (χ0) is 10.6. The second kappa shape index (κ2) is 5.01. The Morgan fingerprint density at radius 2 is 1.71 bits per heavy atom. The van der Waals surface area contributed by atoms with Crippen molar-refractivity contribution in [1.29, 1.82) is 0 Å². The van der Waals surface area contributed by atoms with Crippen LogP contribution in [0.15, 0.2) is 30.3 Å². The van der Waals surface area contributed by atoms with E-state index in [0.29, 0.717) is 18.6 Å². The highest BCUT2D eigenvalue weighted by Crippen LogP contribution is 2.18. The van der Waals surface area contributed by atoms with E-state index in [-0.39, 0.29) is 0 Å². The van der Waals surface area contributed by atoms with Crippen LogP contribution in [-0.2, 0) is 0 Å². The van der Waals surface area contributed by atoms with Gasteiger partial charge >= 0.3 is 0 Å². The van der Waals surface area contributed by atoms with Crippen molar-refractivity contribution in [3.8, 4) is 0 Å². The van der Waals surface area contributed by atoms with Gasteiger partial charge in [0.05, 0.1) is 0 Å². The van der Waals surface area contributed by atoms with Gasteiger partial charge in [0, 0.05) is 24.3 Å². The Kier molecular flexibility index (Phi) is 3.96. The van der Waals surface area contributed by atoms with Gasteiger partial charge in [-0.1, -0.05) is 18.2 Å². The first-order valence-electron chi connectivity index (χ1n) is 5.20. The van der Waals surface area contributed by atoms with E-state index in [1.165, 1.54) is 5.69 Å². The molecule has 14 heavy (non-hydrogen) atoms. The number of nitrogens with zero attached hydrogens (tertiary/aromatic N) is 1. The first kappa shape index (κ1) is 11.1. The monoisotopic (exact) mass is 192 g/mol. The predicted molar refractivity (Wildman–Crippen MR) is 62.6 cm³/mol. The summed E-state index contributed by atoms with van der Waals surface area (Å²) in [6, 6.07) is 11.3. The Hall–Kier alpha value is -1.02. The lowest BCUT2D eigenvalue weighted by Crippen LogP contribution is -2.43. The maximum Gasteiger partial charge on any atom is 0.0386 e. The van der Waals surface area contributed by atoms with Crippen molar-refractivity contribution in [2.45, 2.75) is 32.9 Å². The summed E-state index contributed by atoms with van der Waals surface area (Å²) in [5, 5.41) is 0. The van der Waals surface area contributed by atoms with E-state index in [1.807, 2.05) is 6.07 Å². The van der Waals surface area contributed by atoms with Crippen molar-refractivity contribution in [1.82, 2.24) is 0 Å². The molecule has 0 aliphatic carbocycles. The van der Waals surface area contributed by atoms with E-state index in [0.717, 1.165) is 0 Å². The lowest BCUT2D eigenvalue weighted by molar-refractivity contribution is 0.581. The molecule has 1 unspecified atom stereocenters. The zero-order valence-electron chi connectivity index (χ0n) is 9.27. The molecule has 2 heteroatoms. The molecule has 0 saturated heterocycles. The summed E-state index contributed by atoms with van der Waals surface area (Å²) >= 11 is 0. The molecule has 0 aliphatic rings. The van der Waals surface area contributed by atoms with Crippen molar-refractivity contribution < 1.29 is 0 Å². The molecule has 0 spiro atoms. The van der Waals surface area contributed by atoms with Crippen LogP contribution in [0, 0.1) is 0 Å². The summed E-state index contributed by atoms with van der Waals surface area (Å²) in [4.78, 5) is 2.35. The first-order valence-corrected chi connectivity index (χ1v) is 5.20. The van der Waals surface area contributed by atoms with E-state index >= 15 is 0 Å². The molecule has 0 bridgehead atoms. The normalized spacial score (nSPS) is 12.9. The number of nitrogens with two attached hydrogens (primary N) is 1. The van der Waals surface area contributed by atoms with Gasteiger partial charge in [0.15, 0.2) is 0 Å². The van der Waals surface area contributed by atoms with Crippen molar-refractivity contribution in [3.05, 3.63) is 30.3 Å². The summed E-state index contributed by atoms with van der Waals surface area (Å²) in [6.07, 6.45) is 0. The Morgan fingerprint density at radius 3 is 2.14 bits per heavy atom. The molecular formula is C12H20N2. The third-order valence-electron chi connectivity index (χ3n) is 2.43. The first-order chi connectivity index (χ1) is 6.66. The molecule has 1 aromatic carbocycles. The SMILES string of the molecule is CC(C)N(c1ccccc1)C(C)CN. The summed E-state index contributed by atoms with van der Waals surface area (Å²) in [5.74, 6) is 0. The fraction of sp³-hybridized carbons (Fsp3) is 0.500. The molecule has 1 aromatic rings. The molecule has 0 radical (unpaired) electrons. The van der Waals surface area contributed by atoms with Crippen molar-refractivity contribution in [3.63, 3.8) is 0 Å². The van der Waals surface area contributed by atoms with Gasteiger partial charge in [-0.3, -0.25) is 0 Å². The largest absolute Gasteiger partial charge is 0.365 e. The van der Waals surface area contributed by atoms with Gasteiger partial charge in [0.25, 0.3) is 0 Å². The minimum absolute atomic E-state index is 0.386. The number of anilines is 1. The van der Waals surface area contributed by atoms with E-state index in [2.05, 4.69) is 49.9 Å². The van der Waals surface area contributed by atoms with E-state index in [9.17, 15) is 0 Å². The third kappa shape index (κ3) is 2.48. The average Bonchev–Trinajstić information content (AvgIpc) is 2.19. The van der Waals surface area contributed by atoms with E-state index < -0.39 is 0 Å². The summed E-state index contributed by atoms with van der Waals surface area (Å²) < 4.78 is 0. The molecule has 0 amide bonds. The molecule has 0 aromatic heterocycles. The van der Waals surface area contributed by atoms with E-state index in [4.69, 9.17) is 5.73 Å². The minimum Gasteiger partial charge on any atom is -0.365 e. The van der Waals surface area contributed by atoms with Gasteiger partial charge in [0.2, 0.25) is 0 Å². The van der Waals surface area contributed by atoms with E-state index in [1.54, 1.807) is 0 Å². The van der Waals surface area contributed by atoms with Crippen LogP contribution in [-0.4, -0.2) is 18.6 Å². The average molecular weight is 192 g/mol. The van der Waals surface area contributed by atoms with Gasteiger partial charge in [0.1, 0.15) is 0 Å². The van der Waals surface area contributed by atoms with Gasteiger partial charge in [-0.15, -0.1) is 0 Å².